The van der Waals surface area contributed by atoms with Crippen LogP contribution in [0, 0.1) is 0 Å². The predicted molar refractivity (Wildman–Crippen MR) is 91.7 cm³/mol. The molecule has 0 bridgehead atoms. The van der Waals surface area contributed by atoms with Gasteiger partial charge in [0.1, 0.15) is 11.6 Å². The van der Waals surface area contributed by atoms with E-state index in [1.807, 2.05) is 17.7 Å². The lowest BCUT2D eigenvalue weighted by Gasteiger charge is -2.05. The highest BCUT2D eigenvalue weighted by Crippen LogP contribution is 2.24. The maximum atomic E-state index is 12.0. The van der Waals surface area contributed by atoms with Crippen molar-refractivity contribution in [3.63, 3.8) is 0 Å². The molecule has 0 spiro atoms. The van der Waals surface area contributed by atoms with Gasteiger partial charge in [0.05, 0.1) is 5.75 Å². The highest BCUT2D eigenvalue weighted by molar-refractivity contribution is 7.99. The molecule has 122 valence electrons. The number of phenols is 1. The molecule has 0 fully saturated rings. The smallest absolute Gasteiger partial charge is 0.236 e. The molecule has 1 amide bonds. The zero-order chi connectivity index (χ0) is 16.9. The van der Waals surface area contributed by atoms with E-state index in [1.54, 1.807) is 42.6 Å². The number of nitrogens with zero attached hydrogens (tertiary/aromatic N) is 4. The summed E-state index contributed by atoms with van der Waals surface area (Å²) in [6.45, 7) is 0. The van der Waals surface area contributed by atoms with Crippen LogP contribution in [-0.2, 0) is 11.8 Å². The molecule has 0 radical (unpaired) electrons. The third-order valence-corrected chi connectivity index (χ3v) is 4.25. The van der Waals surface area contributed by atoms with Crippen molar-refractivity contribution in [3.05, 3.63) is 48.7 Å². The molecule has 0 aliphatic heterocycles. The number of hydrogen-bond donors (Lipinski definition) is 2. The molecule has 2 N–H and O–H groups in total. The van der Waals surface area contributed by atoms with Crippen molar-refractivity contribution in [2.75, 3.05) is 11.1 Å². The van der Waals surface area contributed by atoms with E-state index >= 15 is 0 Å². The summed E-state index contributed by atoms with van der Waals surface area (Å²) in [7, 11) is 1.83. The van der Waals surface area contributed by atoms with E-state index in [4.69, 9.17) is 0 Å². The summed E-state index contributed by atoms with van der Waals surface area (Å²) in [4.78, 5) is 16.0. The van der Waals surface area contributed by atoms with E-state index in [0.29, 0.717) is 16.8 Å². The standard InChI is InChI=1S/C16H15N5O2S/c1-21-15(11-5-7-12(22)8-6-11)19-20-16(21)24-10-14(23)18-13-4-2-3-9-17-13/h2-9,22H,10H2,1H3,(H,17,18,23). The first-order valence-corrected chi connectivity index (χ1v) is 8.14. The first kappa shape index (κ1) is 16.0. The maximum Gasteiger partial charge on any atom is 0.236 e. The number of thioether (sulfide) groups is 1. The summed E-state index contributed by atoms with van der Waals surface area (Å²) in [5, 5.41) is 21.0. The number of amides is 1. The van der Waals surface area contributed by atoms with Gasteiger partial charge in [0, 0.05) is 18.8 Å². The predicted octanol–water partition coefficient (Wildman–Crippen LogP) is 2.31. The van der Waals surface area contributed by atoms with Crippen LogP contribution in [0.5, 0.6) is 5.75 Å². The lowest BCUT2D eigenvalue weighted by atomic mass is 10.2. The number of rotatable bonds is 5. The number of phenolic OH excluding ortho intramolecular Hbond substituents is 1. The van der Waals surface area contributed by atoms with Crippen molar-refractivity contribution < 1.29 is 9.90 Å². The van der Waals surface area contributed by atoms with Gasteiger partial charge < -0.3 is 15.0 Å². The molecule has 24 heavy (non-hydrogen) atoms. The summed E-state index contributed by atoms with van der Waals surface area (Å²) in [6, 6.07) is 12.0. The Bertz CT molecular complexity index is 833. The minimum Gasteiger partial charge on any atom is -0.508 e. The van der Waals surface area contributed by atoms with Gasteiger partial charge in [-0.2, -0.15) is 0 Å². The number of hydrogen-bond acceptors (Lipinski definition) is 6. The van der Waals surface area contributed by atoms with Gasteiger partial charge in [-0.25, -0.2) is 4.98 Å². The van der Waals surface area contributed by atoms with E-state index in [1.165, 1.54) is 11.8 Å². The van der Waals surface area contributed by atoms with Crippen LogP contribution in [0.15, 0.2) is 53.8 Å². The number of aromatic nitrogens is 4. The second-order valence-electron chi connectivity index (χ2n) is 4.96. The molecule has 0 unspecified atom stereocenters. The van der Waals surface area contributed by atoms with Crippen LogP contribution in [0.4, 0.5) is 5.82 Å². The lowest BCUT2D eigenvalue weighted by molar-refractivity contribution is -0.113. The van der Waals surface area contributed by atoms with Gasteiger partial charge in [-0.3, -0.25) is 4.79 Å². The zero-order valence-electron chi connectivity index (χ0n) is 12.9. The monoisotopic (exact) mass is 341 g/mol. The molecule has 0 saturated carbocycles. The van der Waals surface area contributed by atoms with Crippen molar-refractivity contribution in [2.24, 2.45) is 7.05 Å². The van der Waals surface area contributed by atoms with Gasteiger partial charge >= 0.3 is 0 Å². The quantitative estimate of drug-likeness (QED) is 0.692. The number of carbonyl (C=O) groups is 1. The summed E-state index contributed by atoms with van der Waals surface area (Å²) in [6.07, 6.45) is 1.62. The maximum absolute atomic E-state index is 12.0. The van der Waals surface area contributed by atoms with Crippen LogP contribution in [0.3, 0.4) is 0 Å². The number of aromatic hydroxyl groups is 1. The third kappa shape index (κ3) is 3.72. The molecular formula is C16H15N5O2S. The van der Waals surface area contributed by atoms with Gasteiger partial charge in [0.2, 0.25) is 5.91 Å². The SMILES string of the molecule is Cn1c(SCC(=O)Nc2ccccn2)nnc1-c1ccc(O)cc1. The van der Waals surface area contributed by atoms with Crippen molar-refractivity contribution in [1.82, 2.24) is 19.7 Å². The normalized spacial score (nSPS) is 10.5. The molecule has 0 aliphatic rings. The summed E-state index contributed by atoms with van der Waals surface area (Å²) in [5.41, 5.74) is 0.840. The van der Waals surface area contributed by atoms with Crippen LogP contribution in [0.2, 0.25) is 0 Å². The molecule has 8 heteroatoms. The Kier molecular flexibility index (Phi) is 4.76. The Hall–Kier alpha value is -2.87. The van der Waals surface area contributed by atoms with E-state index in [-0.39, 0.29) is 17.4 Å². The molecule has 7 nitrogen and oxygen atoms in total. The molecular weight excluding hydrogens is 326 g/mol. The van der Waals surface area contributed by atoms with Gasteiger partial charge in [0.25, 0.3) is 0 Å². The Morgan fingerprint density at radius 2 is 2.00 bits per heavy atom. The van der Waals surface area contributed by atoms with Crippen molar-refractivity contribution in [1.29, 1.82) is 0 Å². The molecule has 3 aromatic rings. The number of carbonyl (C=O) groups excluding carboxylic acids is 1. The van der Waals surface area contributed by atoms with Crippen molar-refractivity contribution in [2.45, 2.75) is 5.16 Å². The van der Waals surface area contributed by atoms with E-state index in [2.05, 4.69) is 20.5 Å². The average Bonchev–Trinajstić information content (AvgIpc) is 2.95. The second-order valence-corrected chi connectivity index (χ2v) is 5.91. The lowest BCUT2D eigenvalue weighted by Crippen LogP contribution is -2.15. The number of nitrogens with one attached hydrogen (secondary N) is 1. The van der Waals surface area contributed by atoms with Crippen LogP contribution in [0.25, 0.3) is 11.4 Å². The van der Waals surface area contributed by atoms with Crippen LogP contribution < -0.4 is 5.32 Å². The molecule has 0 atom stereocenters. The fourth-order valence-corrected chi connectivity index (χ4v) is 2.76. The molecule has 2 aromatic heterocycles. The van der Waals surface area contributed by atoms with E-state index in [9.17, 15) is 9.90 Å². The number of benzene rings is 1. The minimum absolute atomic E-state index is 0.159. The topological polar surface area (TPSA) is 92.9 Å². The Morgan fingerprint density at radius 3 is 2.71 bits per heavy atom. The fraction of sp³-hybridized carbons (Fsp3) is 0.125. The first-order valence-electron chi connectivity index (χ1n) is 7.16. The van der Waals surface area contributed by atoms with Gasteiger partial charge in [-0.15, -0.1) is 10.2 Å². The van der Waals surface area contributed by atoms with E-state index < -0.39 is 0 Å². The summed E-state index contributed by atoms with van der Waals surface area (Å²) >= 11 is 1.29. The fourth-order valence-electron chi connectivity index (χ4n) is 2.05. The number of anilines is 1. The Labute approximate surface area is 142 Å². The molecule has 3 rings (SSSR count). The van der Waals surface area contributed by atoms with Crippen LogP contribution >= 0.6 is 11.8 Å². The largest absolute Gasteiger partial charge is 0.508 e. The van der Waals surface area contributed by atoms with Crippen molar-refractivity contribution >= 4 is 23.5 Å². The summed E-state index contributed by atoms with van der Waals surface area (Å²) < 4.78 is 1.81. The zero-order valence-corrected chi connectivity index (χ0v) is 13.7. The van der Waals surface area contributed by atoms with Crippen molar-refractivity contribution in [3.8, 4) is 17.1 Å². The number of pyridine rings is 1. The highest BCUT2D eigenvalue weighted by atomic mass is 32.2. The second kappa shape index (κ2) is 7.14. The minimum atomic E-state index is -0.159. The molecule has 1 aromatic carbocycles. The van der Waals surface area contributed by atoms with Crippen LogP contribution in [0.1, 0.15) is 0 Å². The average molecular weight is 341 g/mol. The molecule has 0 aliphatic carbocycles. The Morgan fingerprint density at radius 1 is 1.21 bits per heavy atom. The van der Waals surface area contributed by atoms with Gasteiger partial charge in [-0.1, -0.05) is 17.8 Å². The first-order chi connectivity index (χ1) is 11.6. The van der Waals surface area contributed by atoms with Gasteiger partial charge in [-0.05, 0) is 36.4 Å². The third-order valence-electron chi connectivity index (χ3n) is 3.23. The van der Waals surface area contributed by atoms with Crippen LogP contribution in [-0.4, -0.2) is 36.5 Å². The Balaban J connectivity index is 1.64. The van der Waals surface area contributed by atoms with E-state index in [0.717, 1.165) is 5.56 Å². The molecule has 2 heterocycles. The summed E-state index contributed by atoms with van der Waals surface area (Å²) in [5.74, 6) is 1.43. The van der Waals surface area contributed by atoms with Gasteiger partial charge in [0.15, 0.2) is 11.0 Å². The highest BCUT2D eigenvalue weighted by Gasteiger charge is 2.13. The molecule has 0 saturated heterocycles.